The van der Waals surface area contributed by atoms with Gasteiger partial charge in [-0.25, -0.2) is 9.67 Å². The van der Waals surface area contributed by atoms with Crippen molar-refractivity contribution in [3.05, 3.63) is 65.7 Å². The maximum Gasteiger partial charge on any atom is 0.205 e. The zero-order chi connectivity index (χ0) is 20.8. The van der Waals surface area contributed by atoms with Gasteiger partial charge < -0.3 is 0 Å². The Morgan fingerprint density at radius 1 is 1.03 bits per heavy atom. The van der Waals surface area contributed by atoms with Gasteiger partial charge in [-0.15, -0.1) is 22.5 Å². The number of nitrogens with zero attached hydrogens (tertiary/aromatic N) is 6. The third-order valence-corrected chi connectivity index (χ3v) is 4.87. The topological polar surface area (TPSA) is 85.2 Å². The molecule has 2 aromatic carbocycles. The Balaban J connectivity index is 1.58. The largest absolute Gasteiger partial charge is 0.245 e. The molecule has 7 heteroatoms. The van der Waals surface area contributed by atoms with Crippen LogP contribution in [0.15, 0.2) is 48.5 Å². The second-order valence-corrected chi connectivity index (χ2v) is 7.03. The van der Waals surface area contributed by atoms with Crippen molar-refractivity contribution in [2.75, 3.05) is 0 Å². The second kappa shape index (κ2) is 9.14. The van der Waals surface area contributed by atoms with Crippen LogP contribution in [-0.4, -0.2) is 35.4 Å². The van der Waals surface area contributed by atoms with Crippen LogP contribution in [0.1, 0.15) is 37.0 Å². The first kappa shape index (κ1) is 19.5. The van der Waals surface area contributed by atoms with Crippen LogP contribution in [0.25, 0.3) is 22.5 Å². The minimum absolute atomic E-state index is 0.582. The van der Waals surface area contributed by atoms with Crippen LogP contribution in [0.4, 0.5) is 0 Å². The molecule has 2 aromatic heterocycles. The highest BCUT2D eigenvalue weighted by molar-refractivity contribution is 5.80. The molecule has 1 N–H and O–H groups in total. The van der Waals surface area contributed by atoms with Crippen molar-refractivity contribution in [2.24, 2.45) is 0 Å². The lowest BCUT2D eigenvalue weighted by atomic mass is 9.98. The van der Waals surface area contributed by atoms with Gasteiger partial charge in [-0.3, -0.25) is 0 Å². The Morgan fingerprint density at radius 3 is 2.53 bits per heavy atom. The Morgan fingerprint density at radius 2 is 1.83 bits per heavy atom. The summed E-state index contributed by atoms with van der Waals surface area (Å²) in [4.78, 5) is 4.67. The highest BCUT2D eigenvalue weighted by Gasteiger charge is 2.12. The summed E-state index contributed by atoms with van der Waals surface area (Å²) in [6, 6.07) is 16.5. The first-order valence-electron chi connectivity index (χ1n) is 10.1. The summed E-state index contributed by atoms with van der Waals surface area (Å²) in [5, 5.41) is 19.1. The lowest BCUT2D eigenvalue weighted by molar-refractivity contribution is 0.629. The van der Waals surface area contributed by atoms with E-state index in [1.54, 1.807) is 0 Å². The number of hydrogen-bond acceptors (Lipinski definition) is 5. The zero-order valence-electron chi connectivity index (χ0n) is 16.9. The smallest absolute Gasteiger partial charge is 0.205 e. The van der Waals surface area contributed by atoms with Crippen molar-refractivity contribution in [2.45, 2.75) is 39.2 Å². The Bertz CT molecular complexity index is 1140. The predicted octanol–water partition coefficient (Wildman–Crippen LogP) is 3.69. The van der Waals surface area contributed by atoms with Gasteiger partial charge in [-0.05, 0) is 28.3 Å². The van der Waals surface area contributed by atoms with E-state index >= 15 is 0 Å². The summed E-state index contributed by atoms with van der Waals surface area (Å²) in [5.41, 5.74) is 4.25. The van der Waals surface area contributed by atoms with E-state index in [2.05, 4.69) is 73.9 Å². The van der Waals surface area contributed by atoms with Gasteiger partial charge in [0.25, 0.3) is 0 Å². The van der Waals surface area contributed by atoms with Crippen molar-refractivity contribution in [3.8, 4) is 34.9 Å². The van der Waals surface area contributed by atoms with E-state index in [9.17, 15) is 0 Å². The van der Waals surface area contributed by atoms with Crippen molar-refractivity contribution in [3.63, 3.8) is 0 Å². The molecule has 0 radical (unpaired) electrons. The molecule has 4 aromatic rings. The molecule has 7 nitrogen and oxygen atoms in total. The first-order chi connectivity index (χ1) is 14.8. The minimum atomic E-state index is 0.582. The number of terminal acetylenes is 1. The zero-order valence-corrected chi connectivity index (χ0v) is 16.9. The average molecular weight is 397 g/mol. The van der Waals surface area contributed by atoms with Crippen LogP contribution < -0.4 is 0 Å². The molecule has 30 heavy (non-hydrogen) atoms. The van der Waals surface area contributed by atoms with Gasteiger partial charge >= 0.3 is 0 Å². The SMILES string of the molecule is C#CCCc1nc(CCC)nn1Cc1ccc(-c2ccccc2-c2nn[nH]n2)cc1. The van der Waals surface area contributed by atoms with E-state index in [1.807, 2.05) is 22.9 Å². The third kappa shape index (κ3) is 4.28. The number of H-pyrrole nitrogens is 1. The third-order valence-electron chi connectivity index (χ3n) is 4.87. The molecule has 0 fully saturated rings. The molecule has 0 spiro atoms. The van der Waals surface area contributed by atoms with Crippen LogP contribution in [-0.2, 0) is 19.4 Å². The molecule has 0 saturated carbocycles. The fourth-order valence-corrected chi connectivity index (χ4v) is 3.42. The summed E-state index contributed by atoms with van der Waals surface area (Å²) in [7, 11) is 0. The number of tetrazole rings is 1. The molecular weight excluding hydrogens is 374 g/mol. The molecule has 150 valence electrons. The maximum absolute atomic E-state index is 5.44. The summed E-state index contributed by atoms with van der Waals surface area (Å²) < 4.78 is 1.98. The van der Waals surface area contributed by atoms with E-state index in [1.165, 1.54) is 0 Å². The van der Waals surface area contributed by atoms with Crippen LogP contribution in [0.3, 0.4) is 0 Å². The lowest BCUT2D eigenvalue weighted by Crippen LogP contribution is -2.07. The van der Waals surface area contributed by atoms with Gasteiger partial charge in [-0.2, -0.15) is 10.3 Å². The Kier molecular flexibility index (Phi) is 5.95. The summed E-state index contributed by atoms with van der Waals surface area (Å²) in [6.07, 6.45) is 8.74. The molecule has 0 atom stereocenters. The number of benzene rings is 2. The summed E-state index contributed by atoms with van der Waals surface area (Å²) in [6.45, 7) is 2.80. The fraction of sp³-hybridized carbons (Fsp3) is 0.261. The molecule has 0 bridgehead atoms. The van der Waals surface area contributed by atoms with Gasteiger partial charge in [0.15, 0.2) is 5.82 Å². The first-order valence-corrected chi connectivity index (χ1v) is 10.1. The summed E-state index contributed by atoms with van der Waals surface area (Å²) >= 11 is 0. The van der Waals surface area contributed by atoms with Crippen LogP contribution >= 0.6 is 0 Å². The number of rotatable bonds is 8. The average Bonchev–Trinajstić information content (AvgIpc) is 3.44. The number of nitrogens with one attached hydrogen (secondary N) is 1. The molecular formula is C23H23N7. The molecule has 2 heterocycles. The standard InChI is InChI=1S/C23H23N7/c1-3-5-11-22-24-21(8-4-2)27-30(22)16-17-12-14-18(15-13-17)19-9-6-7-10-20(19)23-25-28-29-26-23/h1,6-7,9-10,12-15H,4-5,8,11,16H2,2H3,(H,25,26,28,29). The van der Waals surface area contributed by atoms with E-state index in [-0.39, 0.29) is 0 Å². The molecule has 0 aliphatic rings. The van der Waals surface area contributed by atoms with Gasteiger partial charge in [0, 0.05) is 24.8 Å². The van der Waals surface area contributed by atoms with Gasteiger partial charge in [0.05, 0.1) is 6.54 Å². The van der Waals surface area contributed by atoms with Crippen LogP contribution in [0, 0.1) is 12.3 Å². The Labute approximate surface area is 175 Å². The highest BCUT2D eigenvalue weighted by atomic mass is 15.5. The van der Waals surface area contributed by atoms with Gasteiger partial charge in [0.2, 0.25) is 5.82 Å². The molecule has 0 aliphatic heterocycles. The number of aromatic nitrogens is 7. The summed E-state index contributed by atoms with van der Waals surface area (Å²) in [5.74, 6) is 5.11. The van der Waals surface area contributed by atoms with Crippen LogP contribution in [0.5, 0.6) is 0 Å². The number of hydrogen-bond donors (Lipinski definition) is 1. The lowest BCUT2D eigenvalue weighted by Gasteiger charge is -2.09. The number of aromatic amines is 1. The molecule has 4 rings (SSSR count). The van der Waals surface area contributed by atoms with Crippen molar-refractivity contribution < 1.29 is 0 Å². The van der Waals surface area contributed by atoms with Crippen molar-refractivity contribution >= 4 is 0 Å². The van der Waals surface area contributed by atoms with Crippen LogP contribution in [0.2, 0.25) is 0 Å². The quantitative estimate of drug-likeness (QED) is 0.458. The fourth-order valence-electron chi connectivity index (χ4n) is 3.42. The van der Waals surface area contributed by atoms with Crippen molar-refractivity contribution in [1.29, 1.82) is 0 Å². The predicted molar refractivity (Wildman–Crippen MR) is 115 cm³/mol. The van der Waals surface area contributed by atoms with E-state index in [4.69, 9.17) is 6.42 Å². The molecule has 0 amide bonds. The van der Waals surface area contributed by atoms with E-state index in [0.29, 0.717) is 18.8 Å². The molecule has 0 saturated heterocycles. The monoisotopic (exact) mass is 397 g/mol. The van der Waals surface area contributed by atoms with Crippen molar-refractivity contribution in [1.82, 2.24) is 35.4 Å². The van der Waals surface area contributed by atoms with Gasteiger partial charge in [0.1, 0.15) is 5.82 Å². The molecule has 0 unspecified atom stereocenters. The van der Waals surface area contributed by atoms with E-state index < -0.39 is 0 Å². The highest BCUT2D eigenvalue weighted by Crippen LogP contribution is 2.29. The van der Waals surface area contributed by atoms with E-state index in [0.717, 1.165) is 53.2 Å². The Hall–Kier alpha value is -3.79. The normalized spacial score (nSPS) is 10.8. The second-order valence-electron chi connectivity index (χ2n) is 7.03. The van der Waals surface area contributed by atoms with Gasteiger partial charge in [-0.1, -0.05) is 55.5 Å². The minimum Gasteiger partial charge on any atom is -0.245 e. The number of aryl methyl sites for hydroxylation is 2. The molecule has 0 aliphatic carbocycles. The maximum atomic E-state index is 5.44.